The maximum atomic E-state index is 11.3. The van der Waals surface area contributed by atoms with E-state index in [4.69, 9.17) is 0 Å². The molecule has 0 spiro atoms. The van der Waals surface area contributed by atoms with E-state index < -0.39 is 0 Å². The average molecular weight is 256 g/mol. The normalized spacial score (nSPS) is 26.9. The largest absolute Gasteiger partial charge is 0.298 e. The lowest BCUT2D eigenvalue weighted by atomic mass is 9.74. The zero-order valence-electron chi connectivity index (χ0n) is 10.2. The number of thioether (sulfide) groups is 1. The highest BCUT2D eigenvalue weighted by molar-refractivity contribution is 7.99. The van der Waals surface area contributed by atoms with Gasteiger partial charge in [0.1, 0.15) is 6.29 Å². The van der Waals surface area contributed by atoms with Crippen molar-refractivity contribution in [1.29, 1.82) is 0 Å². The first-order valence-corrected chi connectivity index (χ1v) is 7.54. The molecule has 0 bridgehead atoms. The quantitative estimate of drug-likeness (QED) is 0.752. The minimum Gasteiger partial charge on any atom is -0.298 e. The fourth-order valence-electron chi connectivity index (χ4n) is 2.95. The standard InChI is InChI=1S/C16H16OS/c17-10-14-7-6-12-8-9-18-11-15(12)16(14)13-4-2-1-3-5-13/h1-7,10,15-16H,8-9,11H2/t15-,16-/m1/s1. The summed E-state index contributed by atoms with van der Waals surface area (Å²) in [6, 6.07) is 10.4. The van der Waals surface area contributed by atoms with E-state index in [0.29, 0.717) is 5.92 Å². The zero-order valence-corrected chi connectivity index (χ0v) is 11.0. The minimum absolute atomic E-state index is 0.261. The Kier molecular flexibility index (Phi) is 3.37. The van der Waals surface area contributed by atoms with Crippen molar-refractivity contribution >= 4 is 18.0 Å². The van der Waals surface area contributed by atoms with Crippen molar-refractivity contribution in [3.63, 3.8) is 0 Å². The molecule has 1 aromatic carbocycles. The van der Waals surface area contributed by atoms with Gasteiger partial charge in [0.2, 0.25) is 0 Å². The molecule has 1 saturated heterocycles. The van der Waals surface area contributed by atoms with E-state index in [1.54, 1.807) is 0 Å². The molecule has 0 amide bonds. The summed E-state index contributed by atoms with van der Waals surface area (Å²) in [6.07, 6.45) is 6.39. The third kappa shape index (κ3) is 2.05. The van der Waals surface area contributed by atoms with Crippen LogP contribution in [-0.2, 0) is 4.79 Å². The van der Waals surface area contributed by atoms with Crippen molar-refractivity contribution < 1.29 is 4.79 Å². The van der Waals surface area contributed by atoms with Gasteiger partial charge in [-0.25, -0.2) is 0 Å². The molecular formula is C16H16OS. The zero-order chi connectivity index (χ0) is 12.4. The van der Waals surface area contributed by atoms with Gasteiger partial charge in [-0.3, -0.25) is 4.79 Å². The van der Waals surface area contributed by atoms with Gasteiger partial charge in [-0.1, -0.05) is 48.1 Å². The van der Waals surface area contributed by atoms with E-state index in [-0.39, 0.29) is 5.92 Å². The molecule has 0 saturated carbocycles. The molecule has 2 atom stereocenters. The van der Waals surface area contributed by atoms with E-state index in [1.807, 2.05) is 23.9 Å². The van der Waals surface area contributed by atoms with E-state index >= 15 is 0 Å². The smallest absolute Gasteiger partial charge is 0.146 e. The third-order valence-electron chi connectivity index (χ3n) is 3.85. The van der Waals surface area contributed by atoms with Crippen LogP contribution in [-0.4, -0.2) is 17.8 Å². The van der Waals surface area contributed by atoms with E-state index in [0.717, 1.165) is 17.6 Å². The van der Waals surface area contributed by atoms with Gasteiger partial charge < -0.3 is 0 Å². The van der Waals surface area contributed by atoms with Gasteiger partial charge in [0.25, 0.3) is 0 Å². The van der Waals surface area contributed by atoms with Crippen LogP contribution in [0.1, 0.15) is 17.9 Å². The van der Waals surface area contributed by atoms with Crippen LogP contribution >= 0.6 is 11.8 Å². The highest BCUT2D eigenvalue weighted by Crippen LogP contribution is 2.44. The Bertz CT molecular complexity index is 501. The molecule has 1 aliphatic heterocycles. The molecule has 1 heterocycles. The van der Waals surface area contributed by atoms with Gasteiger partial charge in [0.15, 0.2) is 0 Å². The molecular weight excluding hydrogens is 240 g/mol. The van der Waals surface area contributed by atoms with Crippen LogP contribution in [0.3, 0.4) is 0 Å². The molecule has 2 heteroatoms. The number of allylic oxidation sites excluding steroid dienone is 4. The molecule has 0 N–H and O–H groups in total. The van der Waals surface area contributed by atoms with Gasteiger partial charge in [-0.15, -0.1) is 0 Å². The van der Waals surface area contributed by atoms with Crippen molar-refractivity contribution in [2.45, 2.75) is 12.3 Å². The summed E-state index contributed by atoms with van der Waals surface area (Å²) in [4.78, 5) is 11.3. The number of carbonyl (C=O) groups is 1. The highest BCUT2D eigenvalue weighted by Gasteiger charge is 2.33. The molecule has 1 nitrogen and oxygen atoms in total. The number of hydrogen-bond acceptors (Lipinski definition) is 2. The molecule has 0 radical (unpaired) electrons. The van der Waals surface area contributed by atoms with Crippen LogP contribution < -0.4 is 0 Å². The van der Waals surface area contributed by atoms with Crippen LogP contribution in [0.2, 0.25) is 0 Å². The van der Waals surface area contributed by atoms with E-state index in [1.165, 1.54) is 23.3 Å². The first-order chi connectivity index (χ1) is 8.90. The molecule has 18 heavy (non-hydrogen) atoms. The summed E-state index contributed by atoms with van der Waals surface area (Å²) in [6.45, 7) is 0. The summed E-state index contributed by atoms with van der Waals surface area (Å²) >= 11 is 2.01. The van der Waals surface area contributed by atoms with Crippen molar-refractivity contribution in [3.05, 3.63) is 59.2 Å². The van der Waals surface area contributed by atoms with E-state index in [9.17, 15) is 4.79 Å². The summed E-state index contributed by atoms with van der Waals surface area (Å²) < 4.78 is 0. The van der Waals surface area contributed by atoms with Gasteiger partial charge in [-0.2, -0.15) is 11.8 Å². The fourth-order valence-corrected chi connectivity index (χ4v) is 4.15. The SMILES string of the molecule is O=CC1=CC=C2CCSC[C@H]2[C@@H]1c1ccccc1. The van der Waals surface area contributed by atoms with Crippen LogP contribution in [0, 0.1) is 5.92 Å². The van der Waals surface area contributed by atoms with Crippen molar-refractivity contribution in [2.75, 3.05) is 11.5 Å². The van der Waals surface area contributed by atoms with Gasteiger partial charge in [0, 0.05) is 17.6 Å². The Labute approximate surface area is 112 Å². The molecule has 0 aromatic heterocycles. The number of carbonyl (C=O) groups excluding carboxylic acids is 1. The number of hydrogen-bond donors (Lipinski definition) is 0. The van der Waals surface area contributed by atoms with E-state index in [2.05, 4.69) is 30.3 Å². The molecule has 1 aromatic rings. The number of aldehydes is 1. The summed E-state index contributed by atoms with van der Waals surface area (Å²) in [5.74, 6) is 3.12. The monoisotopic (exact) mass is 256 g/mol. The van der Waals surface area contributed by atoms with Crippen LogP contribution in [0.4, 0.5) is 0 Å². The Morgan fingerprint density at radius 2 is 2.00 bits per heavy atom. The first-order valence-electron chi connectivity index (χ1n) is 6.38. The van der Waals surface area contributed by atoms with Gasteiger partial charge in [-0.05, 0) is 23.3 Å². The Hall–Kier alpha value is -1.28. The Morgan fingerprint density at radius 1 is 1.17 bits per heavy atom. The second-order valence-corrected chi connectivity index (χ2v) is 6.00. The molecule has 2 aliphatic rings. The topological polar surface area (TPSA) is 17.1 Å². The summed E-state index contributed by atoms with van der Waals surface area (Å²) in [5.41, 5.74) is 3.72. The van der Waals surface area contributed by atoms with Gasteiger partial charge in [0.05, 0.1) is 0 Å². The Balaban J connectivity index is 2.02. The number of benzene rings is 1. The third-order valence-corrected chi connectivity index (χ3v) is 4.94. The molecule has 3 rings (SSSR count). The van der Waals surface area contributed by atoms with Crippen molar-refractivity contribution in [3.8, 4) is 0 Å². The van der Waals surface area contributed by atoms with Crippen LogP contribution in [0.5, 0.6) is 0 Å². The summed E-state index contributed by atoms with van der Waals surface area (Å²) in [5, 5.41) is 0. The predicted molar refractivity (Wildman–Crippen MR) is 76.8 cm³/mol. The maximum Gasteiger partial charge on any atom is 0.146 e. The second-order valence-electron chi connectivity index (χ2n) is 4.85. The Morgan fingerprint density at radius 3 is 2.78 bits per heavy atom. The highest BCUT2D eigenvalue weighted by atomic mass is 32.2. The number of rotatable bonds is 2. The second kappa shape index (κ2) is 5.15. The lowest BCUT2D eigenvalue weighted by Crippen LogP contribution is -2.26. The lowest BCUT2D eigenvalue weighted by Gasteiger charge is -2.35. The first kappa shape index (κ1) is 11.8. The average Bonchev–Trinajstić information content (AvgIpc) is 2.47. The molecule has 1 fully saturated rings. The van der Waals surface area contributed by atoms with Crippen LogP contribution in [0.15, 0.2) is 53.6 Å². The molecule has 0 unspecified atom stereocenters. The molecule has 92 valence electrons. The summed E-state index contributed by atoms with van der Waals surface area (Å²) in [7, 11) is 0. The fraction of sp³-hybridized carbons (Fsp3) is 0.312. The predicted octanol–water partition coefficient (Wildman–Crippen LogP) is 3.59. The van der Waals surface area contributed by atoms with Crippen molar-refractivity contribution in [2.24, 2.45) is 5.92 Å². The molecule has 1 aliphatic carbocycles. The maximum absolute atomic E-state index is 11.3. The lowest BCUT2D eigenvalue weighted by molar-refractivity contribution is -0.105. The van der Waals surface area contributed by atoms with Gasteiger partial charge >= 0.3 is 0 Å². The van der Waals surface area contributed by atoms with Crippen LogP contribution in [0.25, 0.3) is 0 Å². The number of fused-ring (bicyclic) bond motifs is 1. The minimum atomic E-state index is 0.261. The van der Waals surface area contributed by atoms with Crippen molar-refractivity contribution in [1.82, 2.24) is 0 Å².